The molecule has 3 N–H and O–H groups in total. The zero-order valence-electron chi connectivity index (χ0n) is 11.9. The van der Waals surface area contributed by atoms with Gasteiger partial charge in [0.15, 0.2) is 5.54 Å². The fourth-order valence-electron chi connectivity index (χ4n) is 3.12. The number of nitrogens with one attached hydrogen (secondary N) is 2. The topological polar surface area (TPSA) is 104 Å². The highest BCUT2D eigenvalue weighted by Crippen LogP contribution is 2.31. The molecule has 3 rings (SSSR count). The summed E-state index contributed by atoms with van der Waals surface area (Å²) >= 11 is 0. The van der Waals surface area contributed by atoms with Crippen LogP contribution in [0.4, 0.5) is 0 Å². The summed E-state index contributed by atoms with van der Waals surface area (Å²) in [7, 11) is 0. The number of hydrogen-bond donors (Lipinski definition) is 3. The molecular weight excluding hydrogens is 274 g/mol. The van der Waals surface area contributed by atoms with Crippen LogP contribution in [0.1, 0.15) is 42.4 Å². The number of aryl methyl sites for hydroxylation is 2. The summed E-state index contributed by atoms with van der Waals surface area (Å²) in [5, 5.41) is 12.1. The number of imidazole rings is 1. The number of carboxylic acids is 1. The third-order valence-corrected chi connectivity index (χ3v) is 4.29. The van der Waals surface area contributed by atoms with Crippen LogP contribution in [-0.4, -0.2) is 45.7 Å². The standard InChI is InChI=1S/C14H19N3O4/c1-8-15-10-4-2-3-9(11(10)16-8)12(18)17-14(13(19)20)5-6-21-7-14/h9H,2-7H2,1H3,(H,15,16)(H,17,18)(H,19,20). The van der Waals surface area contributed by atoms with E-state index in [0.717, 1.165) is 30.1 Å². The number of aromatic nitrogens is 2. The number of carboxylic acid groups (broad SMARTS) is 1. The number of nitrogens with zero attached hydrogens (tertiary/aromatic N) is 1. The van der Waals surface area contributed by atoms with Crippen molar-refractivity contribution in [3.8, 4) is 0 Å². The van der Waals surface area contributed by atoms with Crippen molar-refractivity contribution in [3.63, 3.8) is 0 Å². The minimum absolute atomic E-state index is 0.0211. The zero-order chi connectivity index (χ0) is 15.0. The minimum atomic E-state index is -1.29. The lowest BCUT2D eigenvalue weighted by atomic mass is 9.88. The summed E-state index contributed by atoms with van der Waals surface area (Å²) in [6.07, 6.45) is 2.77. The normalized spacial score (nSPS) is 28.1. The number of aromatic amines is 1. The van der Waals surface area contributed by atoms with Gasteiger partial charge in [-0.3, -0.25) is 4.79 Å². The molecule has 114 valence electrons. The molecule has 0 bridgehead atoms. The van der Waals surface area contributed by atoms with Crippen LogP contribution in [0.2, 0.25) is 0 Å². The van der Waals surface area contributed by atoms with Gasteiger partial charge in [-0.1, -0.05) is 0 Å². The lowest BCUT2D eigenvalue weighted by Crippen LogP contribution is -2.56. The zero-order valence-corrected chi connectivity index (χ0v) is 11.9. The van der Waals surface area contributed by atoms with E-state index in [9.17, 15) is 14.7 Å². The minimum Gasteiger partial charge on any atom is -0.479 e. The van der Waals surface area contributed by atoms with Crippen LogP contribution in [0.25, 0.3) is 0 Å². The van der Waals surface area contributed by atoms with Gasteiger partial charge in [0.1, 0.15) is 5.82 Å². The van der Waals surface area contributed by atoms with Crippen molar-refractivity contribution in [3.05, 3.63) is 17.2 Å². The van der Waals surface area contributed by atoms with Crippen molar-refractivity contribution >= 4 is 11.9 Å². The number of amides is 1. The van der Waals surface area contributed by atoms with Crippen molar-refractivity contribution < 1.29 is 19.4 Å². The van der Waals surface area contributed by atoms with Crippen LogP contribution in [0.15, 0.2) is 0 Å². The van der Waals surface area contributed by atoms with E-state index < -0.39 is 11.5 Å². The number of H-pyrrole nitrogens is 1. The predicted octanol–water partition coefficient (Wildman–Crippen LogP) is 0.498. The molecule has 2 aliphatic rings. The molecule has 7 heteroatoms. The molecule has 0 aromatic carbocycles. The molecule has 1 aliphatic heterocycles. The molecule has 0 saturated carbocycles. The lowest BCUT2D eigenvalue weighted by molar-refractivity contribution is -0.148. The fraction of sp³-hybridized carbons (Fsp3) is 0.643. The Hall–Kier alpha value is -1.89. The number of ether oxygens (including phenoxy) is 1. The molecular formula is C14H19N3O4. The van der Waals surface area contributed by atoms with Crippen molar-refractivity contribution in [2.75, 3.05) is 13.2 Å². The Labute approximate surface area is 122 Å². The molecule has 1 aromatic heterocycles. The Morgan fingerprint density at radius 2 is 2.33 bits per heavy atom. The van der Waals surface area contributed by atoms with Crippen molar-refractivity contribution in [2.45, 2.75) is 44.1 Å². The van der Waals surface area contributed by atoms with Crippen LogP contribution < -0.4 is 5.32 Å². The largest absolute Gasteiger partial charge is 0.479 e. The van der Waals surface area contributed by atoms with E-state index in [0.29, 0.717) is 19.4 Å². The van der Waals surface area contributed by atoms with Crippen LogP contribution >= 0.6 is 0 Å². The van der Waals surface area contributed by atoms with Crippen LogP contribution in [-0.2, 0) is 20.7 Å². The van der Waals surface area contributed by atoms with Crippen molar-refractivity contribution in [1.29, 1.82) is 0 Å². The van der Waals surface area contributed by atoms with E-state index >= 15 is 0 Å². The second-order valence-corrected chi connectivity index (χ2v) is 5.81. The Morgan fingerprint density at radius 3 is 3.00 bits per heavy atom. The quantitative estimate of drug-likeness (QED) is 0.752. The van der Waals surface area contributed by atoms with E-state index in [1.165, 1.54) is 0 Å². The van der Waals surface area contributed by atoms with Gasteiger partial charge >= 0.3 is 5.97 Å². The van der Waals surface area contributed by atoms with Crippen molar-refractivity contribution in [2.24, 2.45) is 0 Å². The maximum Gasteiger partial charge on any atom is 0.331 e. The van der Waals surface area contributed by atoms with Gasteiger partial charge in [0.25, 0.3) is 0 Å². The first-order valence-electron chi connectivity index (χ1n) is 7.20. The van der Waals surface area contributed by atoms with Gasteiger partial charge in [-0.25, -0.2) is 9.78 Å². The van der Waals surface area contributed by atoms with Crippen LogP contribution in [0, 0.1) is 6.92 Å². The monoisotopic (exact) mass is 293 g/mol. The predicted molar refractivity (Wildman–Crippen MR) is 72.9 cm³/mol. The molecule has 1 aliphatic carbocycles. The number of aliphatic carboxylic acids is 1. The number of carbonyl (C=O) groups excluding carboxylic acids is 1. The van der Waals surface area contributed by atoms with Gasteiger partial charge in [0, 0.05) is 18.7 Å². The second-order valence-electron chi connectivity index (χ2n) is 5.81. The van der Waals surface area contributed by atoms with E-state index in [4.69, 9.17) is 4.74 Å². The Bertz CT molecular complexity index is 575. The molecule has 2 unspecified atom stereocenters. The molecule has 1 fully saturated rings. The molecule has 21 heavy (non-hydrogen) atoms. The highest BCUT2D eigenvalue weighted by Gasteiger charge is 2.45. The SMILES string of the molecule is Cc1nc2c([nH]1)CCCC2C(=O)NC1(C(=O)O)CCOC1. The first-order chi connectivity index (χ1) is 10.0. The maximum atomic E-state index is 12.6. The summed E-state index contributed by atoms with van der Waals surface area (Å²) in [6, 6.07) is 0. The third-order valence-electron chi connectivity index (χ3n) is 4.29. The molecule has 1 amide bonds. The van der Waals surface area contributed by atoms with E-state index in [1.54, 1.807) is 0 Å². The van der Waals surface area contributed by atoms with Gasteiger partial charge in [0.05, 0.1) is 18.2 Å². The Kier molecular flexibility index (Phi) is 3.44. The highest BCUT2D eigenvalue weighted by molar-refractivity contribution is 5.90. The average Bonchev–Trinajstić information content (AvgIpc) is 3.04. The van der Waals surface area contributed by atoms with Crippen LogP contribution in [0.5, 0.6) is 0 Å². The molecule has 0 spiro atoms. The van der Waals surface area contributed by atoms with E-state index in [-0.39, 0.29) is 18.4 Å². The van der Waals surface area contributed by atoms with Gasteiger partial charge in [-0.2, -0.15) is 0 Å². The summed E-state index contributed by atoms with van der Waals surface area (Å²) in [6.45, 7) is 2.23. The van der Waals surface area contributed by atoms with E-state index in [1.807, 2.05) is 6.92 Å². The van der Waals surface area contributed by atoms with E-state index in [2.05, 4.69) is 15.3 Å². The highest BCUT2D eigenvalue weighted by atomic mass is 16.5. The van der Waals surface area contributed by atoms with Crippen LogP contribution in [0.3, 0.4) is 0 Å². The molecule has 2 atom stereocenters. The molecule has 0 radical (unpaired) electrons. The third kappa shape index (κ3) is 2.42. The molecule has 7 nitrogen and oxygen atoms in total. The van der Waals surface area contributed by atoms with Gasteiger partial charge in [-0.05, 0) is 26.2 Å². The maximum absolute atomic E-state index is 12.6. The number of hydrogen-bond acceptors (Lipinski definition) is 4. The molecule has 2 heterocycles. The van der Waals surface area contributed by atoms with Gasteiger partial charge < -0.3 is 20.1 Å². The molecule has 1 aromatic rings. The Morgan fingerprint density at radius 1 is 1.52 bits per heavy atom. The smallest absolute Gasteiger partial charge is 0.331 e. The Balaban J connectivity index is 1.81. The summed E-state index contributed by atoms with van der Waals surface area (Å²) in [4.78, 5) is 31.6. The first-order valence-corrected chi connectivity index (χ1v) is 7.20. The lowest BCUT2D eigenvalue weighted by Gasteiger charge is -2.28. The van der Waals surface area contributed by atoms with Crippen molar-refractivity contribution in [1.82, 2.24) is 15.3 Å². The summed E-state index contributed by atoms with van der Waals surface area (Å²) in [5.41, 5.74) is 0.460. The molecule has 1 saturated heterocycles. The summed E-state index contributed by atoms with van der Waals surface area (Å²) < 4.78 is 5.17. The van der Waals surface area contributed by atoms with Gasteiger partial charge in [0.2, 0.25) is 5.91 Å². The summed E-state index contributed by atoms with van der Waals surface area (Å²) in [5.74, 6) is -0.898. The second kappa shape index (κ2) is 5.14. The number of rotatable bonds is 3. The fourth-order valence-corrected chi connectivity index (χ4v) is 3.12. The average molecular weight is 293 g/mol. The first kappa shape index (κ1) is 14.1. The number of carbonyl (C=O) groups is 2. The van der Waals surface area contributed by atoms with Gasteiger partial charge in [-0.15, -0.1) is 0 Å². The number of fused-ring (bicyclic) bond motifs is 1.